The summed E-state index contributed by atoms with van der Waals surface area (Å²) in [6.07, 6.45) is 0. The van der Waals surface area contributed by atoms with Crippen LogP contribution in [0.25, 0.3) is 0 Å². The molecular weight excluding hydrogens is 295 g/mol. The van der Waals surface area contributed by atoms with E-state index in [0.717, 1.165) is 5.56 Å². The Morgan fingerprint density at radius 2 is 1.56 bits per heavy atom. The number of ether oxygens (including phenoxy) is 1. The van der Waals surface area contributed by atoms with Gasteiger partial charge >= 0.3 is 108 Å². The monoisotopic (exact) mass is 308 g/mol. The van der Waals surface area contributed by atoms with Crippen molar-refractivity contribution in [3.05, 3.63) is 60.2 Å². The molecule has 0 saturated heterocycles. The molecule has 94 valence electrons. The van der Waals surface area contributed by atoms with Gasteiger partial charge < -0.3 is 0 Å². The first kappa shape index (κ1) is 13.0. The van der Waals surface area contributed by atoms with Gasteiger partial charge in [0.1, 0.15) is 0 Å². The van der Waals surface area contributed by atoms with Gasteiger partial charge in [-0.3, -0.25) is 0 Å². The summed E-state index contributed by atoms with van der Waals surface area (Å²) < 4.78 is 34.6. The molecule has 0 spiro atoms. The first-order chi connectivity index (χ1) is 8.55. The van der Waals surface area contributed by atoms with E-state index >= 15 is 0 Å². The molecule has 0 aromatic heterocycles. The molecule has 0 atom stereocenters. The molecule has 2 aromatic carbocycles. The van der Waals surface area contributed by atoms with Crippen LogP contribution < -0.4 is 9.09 Å². The fourth-order valence-electron chi connectivity index (χ4n) is 1.48. The Hall–Kier alpha value is -1.48. The number of benzene rings is 2. The van der Waals surface area contributed by atoms with Gasteiger partial charge in [0, 0.05) is 0 Å². The molecule has 2 N–H and O–H groups in total. The van der Waals surface area contributed by atoms with Crippen LogP contribution in [0.4, 0.5) is 0 Å². The molecule has 0 heterocycles. The van der Waals surface area contributed by atoms with Gasteiger partial charge in [0.15, 0.2) is 0 Å². The molecule has 5 heteroatoms. The average molecular weight is 308 g/mol. The fraction of sp³-hybridized carbons (Fsp3) is 0.0769. The van der Waals surface area contributed by atoms with Gasteiger partial charge in [0.2, 0.25) is 0 Å². The molecular formula is C13H13AsO4. The van der Waals surface area contributed by atoms with Crippen LogP contribution in [0.2, 0.25) is 0 Å². The molecule has 0 aliphatic carbocycles. The summed E-state index contributed by atoms with van der Waals surface area (Å²) in [6, 6.07) is 15.6. The van der Waals surface area contributed by atoms with E-state index in [2.05, 4.69) is 0 Å². The average Bonchev–Trinajstić information content (AvgIpc) is 2.37. The van der Waals surface area contributed by atoms with Crippen molar-refractivity contribution < 1.29 is 16.7 Å². The predicted octanol–water partition coefficient (Wildman–Crippen LogP) is 0.827. The summed E-state index contributed by atoms with van der Waals surface area (Å²) in [5, 5.41) is 0. The standard InChI is InChI=1S/C13H13AsO4/c15-14(16,17)12-6-8-13(9-7-12)18-10-11-4-2-1-3-5-11/h1-9H,10H2,(H2,15,16,17). The van der Waals surface area contributed by atoms with E-state index < -0.39 is 14.2 Å². The van der Waals surface area contributed by atoms with Crippen LogP contribution in [0.5, 0.6) is 5.75 Å². The summed E-state index contributed by atoms with van der Waals surface area (Å²) >= 11 is -4.78. The van der Waals surface area contributed by atoms with Crippen molar-refractivity contribution in [2.75, 3.05) is 0 Å². The molecule has 18 heavy (non-hydrogen) atoms. The molecule has 0 aliphatic rings. The molecule has 0 saturated carbocycles. The second-order valence-corrected chi connectivity index (χ2v) is 7.18. The minimum absolute atomic E-state index is 0.0557. The van der Waals surface area contributed by atoms with Crippen molar-refractivity contribution in [2.45, 2.75) is 6.61 Å². The van der Waals surface area contributed by atoms with Crippen LogP contribution >= 0.6 is 0 Å². The molecule has 2 aromatic rings. The zero-order chi connectivity index (χ0) is 13.0. The van der Waals surface area contributed by atoms with Gasteiger partial charge in [-0.15, -0.1) is 0 Å². The van der Waals surface area contributed by atoms with E-state index in [1.807, 2.05) is 30.3 Å². The second kappa shape index (κ2) is 5.44. The maximum atomic E-state index is 11.0. The first-order valence-corrected chi connectivity index (χ1v) is 8.77. The SMILES string of the molecule is O=[As](O)(O)c1ccc(OCc2ccccc2)cc1. The Labute approximate surface area is 108 Å². The van der Waals surface area contributed by atoms with Gasteiger partial charge in [-0.25, -0.2) is 0 Å². The normalized spacial score (nSPS) is 11.2. The molecule has 0 fully saturated rings. The zero-order valence-electron chi connectivity index (χ0n) is 9.56. The maximum absolute atomic E-state index is 11.0. The van der Waals surface area contributed by atoms with Gasteiger partial charge in [-0.2, -0.15) is 0 Å². The first-order valence-electron chi connectivity index (χ1n) is 5.38. The van der Waals surface area contributed by atoms with E-state index in [0.29, 0.717) is 12.4 Å². The molecule has 0 radical (unpaired) electrons. The Kier molecular flexibility index (Phi) is 3.92. The van der Waals surface area contributed by atoms with Crippen molar-refractivity contribution in [1.29, 1.82) is 0 Å². The number of rotatable bonds is 4. The van der Waals surface area contributed by atoms with Gasteiger partial charge in [-0.1, -0.05) is 0 Å². The van der Waals surface area contributed by atoms with Crippen molar-refractivity contribution in [3.8, 4) is 5.75 Å². The molecule has 0 amide bonds. The van der Waals surface area contributed by atoms with E-state index in [1.54, 1.807) is 12.1 Å². The number of hydrogen-bond donors (Lipinski definition) is 2. The van der Waals surface area contributed by atoms with Gasteiger partial charge in [-0.05, 0) is 0 Å². The van der Waals surface area contributed by atoms with E-state index in [1.165, 1.54) is 12.1 Å². The van der Waals surface area contributed by atoms with Crippen LogP contribution in [0.3, 0.4) is 0 Å². The third kappa shape index (κ3) is 3.50. The van der Waals surface area contributed by atoms with Crippen molar-refractivity contribution in [1.82, 2.24) is 0 Å². The van der Waals surface area contributed by atoms with Crippen molar-refractivity contribution in [2.24, 2.45) is 0 Å². The summed E-state index contributed by atoms with van der Waals surface area (Å²) in [4.78, 5) is 0. The molecule has 0 unspecified atom stereocenters. The van der Waals surface area contributed by atoms with Crippen LogP contribution in [0.15, 0.2) is 54.6 Å². The van der Waals surface area contributed by atoms with Crippen LogP contribution in [-0.4, -0.2) is 22.4 Å². The Morgan fingerprint density at radius 1 is 0.944 bits per heavy atom. The third-order valence-corrected chi connectivity index (χ3v) is 4.46. The summed E-state index contributed by atoms with van der Waals surface area (Å²) in [5.74, 6) is 0.589. The molecule has 0 aliphatic heterocycles. The Bertz CT molecular complexity index is 545. The van der Waals surface area contributed by atoms with Gasteiger partial charge in [0.25, 0.3) is 0 Å². The summed E-state index contributed by atoms with van der Waals surface area (Å²) in [5.41, 5.74) is 1.04. The fourth-order valence-corrected chi connectivity index (χ4v) is 2.61. The molecule has 4 nitrogen and oxygen atoms in total. The third-order valence-electron chi connectivity index (χ3n) is 2.42. The van der Waals surface area contributed by atoms with Crippen LogP contribution in [-0.2, 0) is 10.3 Å². The van der Waals surface area contributed by atoms with Crippen LogP contribution in [0.1, 0.15) is 5.56 Å². The van der Waals surface area contributed by atoms with Crippen molar-refractivity contribution in [3.63, 3.8) is 0 Å². The second-order valence-electron chi connectivity index (χ2n) is 3.81. The zero-order valence-corrected chi connectivity index (χ0v) is 11.4. The molecule has 0 bridgehead atoms. The topological polar surface area (TPSA) is 66.8 Å². The predicted molar refractivity (Wildman–Crippen MR) is 67.7 cm³/mol. The minimum atomic E-state index is -4.78. The van der Waals surface area contributed by atoms with E-state index in [-0.39, 0.29) is 4.35 Å². The Morgan fingerprint density at radius 3 is 2.11 bits per heavy atom. The van der Waals surface area contributed by atoms with Crippen LogP contribution in [0, 0.1) is 0 Å². The Balaban J connectivity index is 2.01. The summed E-state index contributed by atoms with van der Waals surface area (Å²) in [6.45, 7) is 0.432. The molecule has 2 rings (SSSR count). The number of hydrogen-bond acceptors (Lipinski definition) is 2. The van der Waals surface area contributed by atoms with Gasteiger partial charge in [0.05, 0.1) is 0 Å². The summed E-state index contributed by atoms with van der Waals surface area (Å²) in [7, 11) is 0. The van der Waals surface area contributed by atoms with E-state index in [9.17, 15) is 3.74 Å². The quantitative estimate of drug-likeness (QED) is 0.821. The van der Waals surface area contributed by atoms with E-state index in [4.69, 9.17) is 12.9 Å². The van der Waals surface area contributed by atoms with Crippen molar-refractivity contribution >= 4 is 18.5 Å².